The first kappa shape index (κ1) is 19.5. The zero-order chi connectivity index (χ0) is 15.6. The highest BCUT2D eigenvalue weighted by atomic mass is 127. The maximum absolute atomic E-state index is 9.59. The van der Waals surface area contributed by atoms with Crippen molar-refractivity contribution in [1.82, 2.24) is 10.6 Å². The van der Waals surface area contributed by atoms with Crippen LogP contribution in [0.4, 0.5) is 0 Å². The van der Waals surface area contributed by atoms with Gasteiger partial charge in [-0.3, -0.25) is 0 Å². The predicted octanol–water partition coefficient (Wildman–Crippen LogP) is 2.73. The van der Waals surface area contributed by atoms with Gasteiger partial charge in [-0.05, 0) is 24.6 Å². The number of aliphatic imine (C=N–C) groups is 1. The van der Waals surface area contributed by atoms with Crippen molar-refractivity contribution in [2.45, 2.75) is 19.4 Å². The minimum Gasteiger partial charge on any atom is -0.467 e. The Morgan fingerprint density at radius 2 is 1.96 bits per heavy atom. The highest BCUT2D eigenvalue weighted by Gasteiger charge is 2.10. The lowest BCUT2D eigenvalue weighted by atomic mass is 10.0. The molecule has 0 radical (unpaired) electrons. The van der Waals surface area contributed by atoms with E-state index < -0.39 is 0 Å². The average Bonchev–Trinajstić information content (AvgIpc) is 3.07. The molecule has 0 aliphatic heterocycles. The first-order valence-electron chi connectivity index (χ1n) is 7.53. The van der Waals surface area contributed by atoms with Crippen LogP contribution in [0.1, 0.15) is 24.2 Å². The Hall–Kier alpha value is -1.54. The van der Waals surface area contributed by atoms with Gasteiger partial charge in [0.2, 0.25) is 0 Å². The molecule has 23 heavy (non-hydrogen) atoms. The Bertz CT molecular complexity index is 558. The van der Waals surface area contributed by atoms with Crippen molar-refractivity contribution < 1.29 is 9.52 Å². The first-order chi connectivity index (χ1) is 10.8. The third-order valence-electron chi connectivity index (χ3n) is 3.32. The van der Waals surface area contributed by atoms with E-state index in [-0.39, 0.29) is 36.5 Å². The number of guanidine groups is 1. The van der Waals surface area contributed by atoms with E-state index in [2.05, 4.69) is 15.6 Å². The van der Waals surface area contributed by atoms with Gasteiger partial charge in [-0.25, -0.2) is 4.99 Å². The number of furan rings is 1. The highest BCUT2D eigenvalue weighted by Crippen LogP contribution is 2.13. The van der Waals surface area contributed by atoms with E-state index in [1.54, 1.807) is 6.26 Å². The van der Waals surface area contributed by atoms with Crippen LogP contribution in [0.5, 0.6) is 0 Å². The molecule has 2 aromatic rings. The Labute approximate surface area is 154 Å². The summed E-state index contributed by atoms with van der Waals surface area (Å²) in [4.78, 5) is 4.47. The van der Waals surface area contributed by atoms with Crippen molar-refractivity contribution in [3.05, 3.63) is 60.1 Å². The van der Waals surface area contributed by atoms with Crippen LogP contribution >= 0.6 is 24.0 Å². The molecule has 0 bridgehead atoms. The van der Waals surface area contributed by atoms with Crippen LogP contribution in [-0.4, -0.2) is 30.8 Å². The molecule has 126 valence electrons. The van der Waals surface area contributed by atoms with E-state index in [1.807, 2.05) is 49.4 Å². The maximum atomic E-state index is 9.59. The molecule has 1 unspecified atom stereocenters. The van der Waals surface area contributed by atoms with Crippen molar-refractivity contribution in [3.63, 3.8) is 0 Å². The smallest absolute Gasteiger partial charge is 0.191 e. The van der Waals surface area contributed by atoms with Crippen LogP contribution in [0, 0.1) is 0 Å². The lowest BCUT2D eigenvalue weighted by Gasteiger charge is -2.17. The third kappa shape index (κ3) is 6.62. The number of nitrogens with zero attached hydrogens (tertiary/aromatic N) is 1. The van der Waals surface area contributed by atoms with Gasteiger partial charge in [0.25, 0.3) is 0 Å². The summed E-state index contributed by atoms with van der Waals surface area (Å²) < 4.78 is 5.28. The van der Waals surface area contributed by atoms with Gasteiger partial charge in [-0.2, -0.15) is 0 Å². The van der Waals surface area contributed by atoms with Crippen molar-refractivity contribution in [3.8, 4) is 0 Å². The SMILES string of the molecule is CCNC(=NCc1ccco1)NCC(CO)c1ccccc1.I. The van der Waals surface area contributed by atoms with Crippen LogP contribution in [0.25, 0.3) is 0 Å². The van der Waals surface area contributed by atoms with Gasteiger partial charge in [-0.1, -0.05) is 30.3 Å². The molecule has 2 rings (SSSR count). The normalized spacial score (nSPS) is 12.3. The minimum absolute atomic E-state index is 0. The predicted molar refractivity (Wildman–Crippen MR) is 103 cm³/mol. The largest absolute Gasteiger partial charge is 0.467 e. The lowest BCUT2D eigenvalue weighted by molar-refractivity contribution is 0.265. The number of nitrogens with one attached hydrogen (secondary N) is 2. The number of aliphatic hydroxyl groups excluding tert-OH is 1. The van der Waals surface area contributed by atoms with Crippen LogP contribution in [-0.2, 0) is 6.54 Å². The molecule has 1 aromatic carbocycles. The number of aliphatic hydroxyl groups is 1. The molecule has 6 heteroatoms. The van der Waals surface area contributed by atoms with Gasteiger partial charge in [-0.15, -0.1) is 24.0 Å². The van der Waals surface area contributed by atoms with Crippen molar-refractivity contribution in [1.29, 1.82) is 0 Å². The second-order valence-corrected chi connectivity index (χ2v) is 4.95. The third-order valence-corrected chi connectivity index (χ3v) is 3.32. The Morgan fingerprint density at radius 1 is 1.17 bits per heavy atom. The molecule has 5 nitrogen and oxygen atoms in total. The Balaban J connectivity index is 0.00000264. The molecule has 0 aliphatic rings. The monoisotopic (exact) mass is 429 g/mol. The Kier molecular flexibility index (Phi) is 9.39. The molecule has 0 saturated carbocycles. The van der Waals surface area contributed by atoms with Crippen LogP contribution in [0.15, 0.2) is 58.1 Å². The number of hydrogen-bond donors (Lipinski definition) is 3. The lowest BCUT2D eigenvalue weighted by Crippen LogP contribution is -2.39. The molecule has 0 fully saturated rings. The highest BCUT2D eigenvalue weighted by molar-refractivity contribution is 14.0. The second-order valence-electron chi connectivity index (χ2n) is 4.95. The Morgan fingerprint density at radius 3 is 2.57 bits per heavy atom. The van der Waals surface area contributed by atoms with Crippen LogP contribution in [0.3, 0.4) is 0 Å². The molecule has 0 saturated heterocycles. The fourth-order valence-electron chi connectivity index (χ4n) is 2.13. The summed E-state index contributed by atoms with van der Waals surface area (Å²) in [6.07, 6.45) is 1.64. The molecule has 1 heterocycles. The molecule has 1 aromatic heterocycles. The van der Waals surface area contributed by atoms with E-state index in [4.69, 9.17) is 4.42 Å². The standard InChI is InChI=1S/C17H23N3O2.HI/c1-2-18-17(20-12-16-9-6-10-22-16)19-11-15(13-21)14-7-4-3-5-8-14;/h3-10,15,21H,2,11-13H2,1H3,(H2,18,19,20);1H. The summed E-state index contributed by atoms with van der Waals surface area (Å²) >= 11 is 0. The molecule has 0 aliphatic carbocycles. The summed E-state index contributed by atoms with van der Waals surface area (Å²) in [5.74, 6) is 1.57. The minimum atomic E-state index is 0. The van der Waals surface area contributed by atoms with Crippen molar-refractivity contribution in [2.24, 2.45) is 4.99 Å². The van der Waals surface area contributed by atoms with Gasteiger partial charge in [0, 0.05) is 19.0 Å². The van der Waals surface area contributed by atoms with Gasteiger partial charge in [0.1, 0.15) is 12.3 Å². The number of halogens is 1. The quantitative estimate of drug-likeness (QED) is 0.360. The average molecular weight is 429 g/mol. The molecule has 0 amide bonds. The van der Waals surface area contributed by atoms with Crippen LogP contribution < -0.4 is 10.6 Å². The second kappa shape index (κ2) is 11.1. The van der Waals surface area contributed by atoms with E-state index in [0.29, 0.717) is 19.0 Å². The fraction of sp³-hybridized carbons (Fsp3) is 0.353. The summed E-state index contributed by atoms with van der Waals surface area (Å²) in [5.41, 5.74) is 1.11. The van der Waals surface area contributed by atoms with Crippen LogP contribution in [0.2, 0.25) is 0 Å². The molecule has 0 spiro atoms. The van der Waals surface area contributed by atoms with Gasteiger partial charge in [0.15, 0.2) is 5.96 Å². The summed E-state index contributed by atoms with van der Waals surface area (Å²) in [5, 5.41) is 16.0. The van der Waals surface area contributed by atoms with E-state index in [0.717, 1.165) is 17.9 Å². The van der Waals surface area contributed by atoms with Crippen molar-refractivity contribution in [2.75, 3.05) is 19.7 Å². The van der Waals surface area contributed by atoms with Gasteiger partial charge in [0.05, 0.1) is 12.9 Å². The summed E-state index contributed by atoms with van der Waals surface area (Å²) in [7, 11) is 0. The number of rotatable bonds is 7. The van der Waals surface area contributed by atoms with E-state index in [1.165, 1.54) is 0 Å². The van der Waals surface area contributed by atoms with Gasteiger partial charge >= 0.3 is 0 Å². The first-order valence-corrected chi connectivity index (χ1v) is 7.53. The maximum Gasteiger partial charge on any atom is 0.191 e. The zero-order valence-corrected chi connectivity index (χ0v) is 15.6. The van der Waals surface area contributed by atoms with Gasteiger partial charge < -0.3 is 20.2 Å². The fourth-order valence-corrected chi connectivity index (χ4v) is 2.13. The zero-order valence-electron chi connectivity index (χ0n) is 13.2. The molecule has 3 N–H and O–H groups in total. The number of hydrogen-bond acceptors (Lipinski definition) is 3. The molecular weight excluding hydrogens is 405 g/mol. The summed E-state index contributed by atoms with van der Waals surface area (Å²) in [6, 6.07) is 13.7. The van der Waals surface area contributed by atoms with Crippen molar-refractivity contribution >= 4 is 29.9 Å². The van der Waals surface area contributed by atoms with E-state index in [9.17, 15) is 5.11 Å². The molecular formula is C17H24IN3O2. The topological polar surface area (TPSA) is 69.8 Å². The number of benzene rings is 1. The van der Waals surface area contributed by atoms with E-state index >= 15 is 0 Å². The molecule has 1 atom stereocenters. The summed E-state index contributed by atoms with van der Waals surface area (Å²) in [6.45, 7) is 3.99.